The van der Waals surface area contributed by atoms with Crippen molar-refractivity contribution in [3.63, 3.8) is 0 Å². The lowest BCUT2D eigenvalue weighted by Gasteiger charge is -2.31. The molecule has 75 heavy (non-hydrogen) atoms. The molecule has 0 saturated carbocycles. The highest BCUT2D eigenvalue weighted by molar-refractivity contribution is 7.88. The third-order valence-electron chi connectivity index (χ3n) is 16.1. The lowest BCUT2D eigenvalue weighted by Crippen LogP contribution is -2.29. The molecule has 0 radical (unpaired) electrons. The van der Waals surface area contributed by atoms with E-state index in [0.717, 1.165) is 52.4 Å². The summed E-state index contributed by atoms with van der Waals surface area (Å²) in [6, 6.07) is 47.9. The van der Waals surface area contributed by atoms with Crippen LogP contribution in [0.1, 0.15) is 131 Å². The van der Waals surface area contributed by atoms with Crippen LogP contribution in [0.2, 0.25) is 15.1 Å². The maximum atomic E-state index is 12.8. The Hall–Kier alpha value is -5.07. The first-order chi connectivity index (χ1) is 34.9. The van der Waals surface area contributed by atoms with Crippen LogP contribution >= 0.6 is 34.8 Å². The quantitative estimate of drug-likeness (QED) is 0.102. The van der Waals surface area contributed by atoms with Gasteiger partial charge in [0.2, 0.25) is 0 Å². The van der Waals surface area contributed by atoms with Gasteiger partial charge in [-0.25, -0.2) is 0 Å². The van der Waals surface area contributed by atoms with Crippen molar-refractivity contribution in [3.05, 3.63) is 211 Å². The number of rotatable bonds is 5. The van der Waals surface area contributed by atoms with Gasteiger partial charge in [0, 0.05) is 25.9 Å². The van der Waals surface area contributed by atoms with Gasteiger partial charge in [-0.05, 0) is 187 Å². The Morgan fingerprint density at radius 1 is 0.467 bits per heavy atom. The van der Waals surface area contributed by atoms with Crippen LogP contribution in [0.5, 0.6) is 5.75 Å². The topological polar surface area (TPSA) is 83.8 Å². The molecule has 0 aliphatic heterocycles. The van der Waals surface area contributed by atoms with Crippen molar-refractivity contribution >= 4 is 57.5 Å². The molecule has 7 aromatic carbocycles. The summed E-state index contributed by atoms with van der Waals surface area (Å²) < 4.78 is 66.1. The van der Waals surface area contributed by atoms with Gasteiger partial charge in [0.1, 0.15) is 5.75 Å². The summed E-state index contributed by atoms with van der Waals surface area (Å²) in [4.78, 5) is 0. The molecule has 0 saturated heterocycles. The van der Waals surface area contributed by atoms with Crippen LogP contribution < -0.4 is 9.65 Å². The van der Waals surface area contributed by atoms with Crippen LogP contribution in [0, 0.1) is 6.92 Å². The van der Waals surface area contributed by atoms with E-state index in [2.05, 4.69) is 138 Å². The molecule has 0 amide bonds. The maximum Gasteiger partial charge on any atom is 0.534 e. The van der Waals surface area contributed by atoms with Crippen LogP contribution in [-0.4, -0.2) is 31.1 Å². The van der Waals surface area contributed by atoms with E-state index in [9.17, 15) is 21.6 Å². The molecular weight excluding hydrogens is 1030 g/mol. The number of hydrogen-bond acceptors (Lipinski definition) is 5. The van der Waals surface area contributed by atoms with E-state index in [1.807, 2.05) is 31.2 Å². The zero-order chi connectivity index (χ0) is 54.5. The molecule has 7 aromatic rings. The molecule has 2 N–H and O–H groups in total. The molecule has 13 heteroatoms. The van der Waals surface area contributed by atoms with Crippen LogP contribution in [-0.2, 0) is 42.6 Å². The monoisotopic (exact) mass is 1090 g/mol. The molecule has 390 valence electrons. The number of alkyl halides is 3. The first-order valence-corrected chi connectivity index (χ1v) is 27.6. The minimum Gasteiger partial charge on any atom is -0.423 e. The number of benzene rings is 7. The second-order valence-corrected chi connectivity index (χ2v) is 26.5. The van der Waals surface area contributed by atoms with Gasteiger partial charge in [0.25, 0.3) is 0 Å². The highest BCUT2D eigenvalue weighted by atomic mass is 35.5. The number of aryl methyl sites for hydroxylation is 1. The second-order valence-electron chi connectivity index (χ2n) is 23.6. The van der Waals surface area contributed by atoms with Gasteiger partial charge in [-0.2, -0.15) is 21.6 Å². The molecule has 5 nitrogen and oxygen atoms in total. The van der Waals surface area contributed by atoms with E-state index in [1.54, 1.807) is 24.3 Å². The van der Waals surface area contributed by atoms with Crippen molar-refractivity contribution in [1.29, 1.82) is 0 Å². The highest BCUT2D eigenvalue weighted by Gasteiger charge is 2.58. The fourth-order valence-corrected chi connectivity index (χ4v) is 14.4. The van der Waals surface area contributed by atoms with E-state index in [4.69, 9.17) is 44.9 Å². The molecule has 4 aliphatic rings. The van der Waals surface area contributed by atoms with E-state index >= 15 is 0 Å². The highest BCUT2D eigenvalue weighted by Crippen LogP contribution is 2.65. The molecular formula is C62H61BCl3F3O5S. The summed E-state index contributed by atoms with van der Waals surface area (Å²) in [6.45, 7) is 20.2. The van der Waals surface area contributed by atoms with Crippen molar-refractivity contribution in [2.24, 2.45) is 0 Å². The fraction of sp³-hybridized carbons (Fsp3) is 0.323. The number of hydrogen-bond donors (Lipinski definition) is 2. The fourth-order valence-electron chi connectivity index (χ4n) is 13.4. The number of fused-ring (bicyclic) bond motifs is 8. The van der Waals surface area contributed by atoms with Crippen molar-refractivity contribution in [2.45, 2.75) is 126 Å². The van der Waals surface area contributed by atoms with Crippen LogP contribution in [0.3, 0.4) is 0 Å². The van der Waals surface area contributed by atoms with E-state index in [0.29, 0.717) is 10.5 Å². The molecule has 1 unspecified atom stereocenters. The van der Waals surface area contributed by atoms with E-state index in [-0.39, 0.29) is 32.8 Å². The zero-order valence-electron chi connectivity index (χ0n) is 43.6. The normalized spacial score (nSPS) is 19.5. The van der Waals surface area contributed by atoms with Gasteiger partial charge >= 0.3 is 22.7 Å². The predicted molar refractivity (Wildman–Crippen MR) is 300 cm³/mol. The summed E-state index contributed by atoms with van der Waals surface area (Å²) in [7, 11) is -7.15. The van der Waals surface area contributed by atoms with Gasteiger partial charge in [-0.15, -0.1) is 0 Å². The second kappa shape index (κ2) is 19.1. The van der Waals surface area contributed by atoms with Gasteiger partial charge in [-0.3, -0.25) is 0 Å². The van der Waals surface area contributed by atoms with Crippen molar-refractivity contribution in [3.8, 4) is 28.0 Å². The van der Waals surface area contributed by atoms with Crippen LogP contribution in [0.15, 0.2) is 146 Å². The first kappa shape index (κ1) is 54.7. The summed E-state index contributed by atoms with van der Waals surface area (Å²) in [5, 5.41) is 19.3. The molecule has 4 aliphatic carbocycles. The van der Waals surface area contributed by atoms with Gasteiger partial charge < -0.3 is 14.2 Å². The Bertz CT molecular complexity index is 3380. The molecule has 0 heterocycles. The van der Waals surface area contributed by atoms with E-state index in [1.165, 1.54) is 73.8 Å². The largest absolute Gasteiger partial charge is 0.534 e. The number of halogens is 6. The summed E-state index contributed by atoms with van der Waals surface area (Å²) in [6.07, 6.45) is 3.82. The van der Waals surface area contributed by atoms with Crippen molar-refractivity contribution in [2.75, 3.05) is 0 Å². The van der Waals surface area contributed by atoms with Gasteiger partial charge in [-0.1, -0.05) is 181 Å². The maximum absolute atomic E-state index is 12.8. The molecule has 11 rings (SSSR count). The standard InChI is InChI=1S/C33H30Cl2.C23H25F3O3S.C6H6BClO2/c1-31(2)19-33(29-17-23(11-13-27(29)31)21-7-5-9-25(34)15-21)20-32(3,4)28-14-12-24(18-30(28)33)22-8-6-10-26(35)16-22;1-14-6-8-16-18(10-14)22(12-20(16,2)3)13-21(4,5)17-9-7-15(11-19(17)22)29-30(27,28)23(24,25)26;8-6-3-1-2-5(4-6)7(9)10/h5-18H,19-20H2,1-4H3;6-11H,12-13H2,1-5H3;1-4,9-10H. The summed E-state index contributed by atoms with van der Waals surface area (Å²) >= 11 is 18.3. The van der Waals surface area contributed by atoms with Crippen LogP contribution in [0.25, 0.3) is 22.3 Å². The Labute approximate surface area is 455 Å². The predicted octanol–water partition coefficient (Wildman–Crippen LogP) is 15.9. The van der Waals surface area contributed by atoms with Crippen LogP contribution in [0.4, 0.5) is 13.2 Å². The Morgan fingerprint density at radius 3 is 1.21 bits per heavy atom. The first-order valence-electron chi connectivity index (χ1n) is 25.1. The van der Waals surface area contributed by atoms with Crippen molar-refractivity contribution in [1.82, 2.24) is 0 Å². The minimum atomic E-state index is -5.72. The minimum absolute atomic E-state index is 0.0131. The molecule has 0 fully saturated rings. The van der Waals surface area contributed by atoms with Gasteiger partial charge in [0.15, 0.2) is 0 Å². The average Bonchev–Trinajstić information content (AvgIpc) is 3.88. The molecule has 2 spiro atoms. The average molecular weight is 1090 g/mol. The van der Waals surface area contributed by atoms with Crippen molar-refractivity contribution < 1.29 is 35.8 Å². The SMILES string of the molecule is CC1(C)CC2(CC(C)(C)c3ccc(-c4cccc(Cl)c4)cc32)c2cc(-c3cccc(Cl)c3)ccc21.Cc1ccc2c(c1)C1(CC2(C)C)CC(C)(C)c2ccc(OS(=O)(=O)C(F)(F)F)cc21.OB(O)c1cccc(Cl)c1. The van der Waals surface area contributed by atoms with E-state index < -0.39 is 28.2 Å². The summed E-state index contributed by atoms with van der Waals surface area (Å²) in [5.41, 5.74) is 10.5. The Balaban J connectivity index is 0.000000157. The third kappa shape index (κ3) is 10.1. The molecule has 0 bridgehead atoms. The molecule has 0 aromatic heterocycles. The zero-order valence-corrected chi connectivity index (χ0v) is 46.6. The van der Waals surface area contributed by atoms with Gasteiger partial charge in [0.05, 0.1) is 0 Å². The smallest absolute Gasteiger partial charge is 0.423 e. The molecule has 1 atom stereocenters. The Morgan fingerprint density at radius 2 is 0.827 bits per heavy atom. The lowest BCUT2D eigenvalue weighted by atomic mass is 9.72. The summed E-state index contributed by atoms with van der Waals surface area (Å²) in [5.74, 6) is -0.304. The Kier molecular flexibility index (Phi) is 14.0. The lowest BCUT2D eigenvalue weighted by molar-refractivity contribution is -0.0500. The third-order valence-corrected chi connectivity index (χ3v) is 17.8.